The summed E-state index contributed by atoms with van der Waals surface area (Å²) in [6, 6.07) is 10.0. The van der Waals surface area contributed by atoms with Crippen LogP contribution in [-0.4, -0.2) is 15.5 Å². The molecule has 0 radical (unpaired) electrons. The van der Waals surface area contributed by atoms with Crippen molar-refractivity contribution in [3.05, 3.63) is 54.1 Å². The topological polar surface area (TPSA) is 46.9 Å². The molecule has 98 valence electrons. The van der Waals surface area contributed by atoms with Crippen molar-refractivity contribution >= 4 is 5.91 Å². The molecule has 1 aliphatic rings. The largest absolute Gasteiger partial charge is 0.348 e. The molecule has 2 aromatic rings. The van der Waals surface area contributed by atoms with Gasteiger partial charge in [-0.1, -0.05) is 30.3 Å². The smallest absolute Gasteiger partial charge is 0.231 e. The zero-order chi connectivity index (χ0) is 13.3. The lowest BCUT2D eigenvalue weighted by molar-refractivity contribution is -0.123. The van der Waals surface area contributed by atoms with Crippen LogP contribution in [0.3, 0.4) is 0 Å². The molecular formula is C15H17N3O. The first kappa shape index (κ1) is 12.0. The van der Waals surface area contributed by atoms with Crippen molar-refractivity contribution in [3.63, 3.8) is 0 Å². The fraction of sp³-hybridized carbons (Fsp3) is 0.333. The van der Waals surface area contributed by atoms with E-state index in [1.807, 2.05) is 48.1 Å². The highest BCUT2D eigenvalue weighted by molar-refractivity contribution is 5.91. The fourth-order valence-electron chi connectivity index (χ4n) is 2.42. The fourth-order valence-corrected chi connectivity index (χ4v) is 2.42. The van der Waals surface area contributed by atoms with Gasteiger partial charge in [-0.3, -0.25) is 4.79 Å². The van der Waals surface area contributed by atoms with Gasteiger partial charge in [0.2, 0.25) is 5.91 Å². The van der Waals surface area contributed by atoms with Crippen LogP contribution in [0.4, 0.5) is 0 Å². The quantitative estimate of drug-likeness (QED) is 0.905. The van der Waals surface area contributed by atoms with E-state index in [4.69, 9.17) is 0 Å². The third-order valence-corrected chi connectivity index (χ3v) is 3.84. The number of carbonyl (C=O) groups is 1. The summed E-state index contributed by atoms with van der Waals surface area (Å²) in [6.45, 7) is 0.483. The maximum atomic E-state index is 12.4. The Morgan fingerprint density at radius 1 is 1.37 bits per heavy atom. The van der Waals surface area contributed by atoms with Crippen molar-refractivity contribution in [1.82, 2.24) is 14.9 Å². The molecule has 4 heteroatoms. The molecule has 0 aliphatic heterocycles. The molecule has 1 heterocycles. The summed E-state index contributed by atoms with van der Waals surface area (Å²) in [6.07, 6.45) is 5.49. The zero-order valence-electron chi connectivity index (χ0n) is 11.0. The Labute approximate surface area is 112 Å². The summed E-state index contributed by atoms with van der Waals surface area (Å²) < 4.78 is 1.92. The average Bonchev–Trinajstić information content (AvgIpc) is 3.16. The minimum Gasteiger partial charge on any atom is -0.348 e. The van der Waals surface area contributed by atoms with Crippen LogP contribution in [0.2, 0.25) is 0 Å². The van der Waals surface area contributed by atoms with Gasteiger partial charge in [0.15, 0.2) is 0 Å². The maximum absolute atomic E-state index is 12.4. The minimum absolute atomic E-state index is 0.113. The van der Waals surface area contributed by atoms with E-state index in [1.165, 1.54) is 0 Å². The molecule has 1 aliphatic carbocycles. The second kappa shape index (κ2) is 4.53. The number of rotatable bonds is 4. The summed E-state index contributed by atoms with van der Waals surface area (Å²) in [7, 11) is 1.93. The second-order valence-electron chi connectivity index (χ2n) is 5.09. The van der Waals surface area contributed by atoms with E-state index in [2.05, 4.69) is 10.3 Å². The molecule has 1 amide bonds. The lowest BCUT2D eigenvalue weighted by atomic mass is 9.95. The van der Waals surface area contributed by atoms with Crippen LogP contribution in [0.25, 0.3) is 0 Å². The van der Waals surface area contributed by atoms with Gasteiger partial charge in [0.1, 0.15) is 5.82 Å². The van der Waals surface area contributed by atoms with Crippen molar-refractivity contribution in [2.24, 2.45) is 7.05 Å². The monoisotopic (exact) mass is 255 g/mol. The molecule has 1 N–H and O–H groups in total. The highest BCUT2D eigenvalue weighted by Gasteiger charge is 2.50. The lowest BCUT2D eigenvalue weighted by Gasteiger charge is -2.15. The van der Waals surface area contributed by atoms with E-state index >= 15 is 0 Å². The molecule has 3 rings (SSSR count). The van der Waals surface area contributed by atoms with Gasteiger partial charge in [0, 0.05) is 19.4 Å². The number of aromatic nitrogens is 2. The first-order chi connectivity index (χ1) is 9.22. The predicted molar refractivity (Wildman–Crippen MR) is 72.4 cm³/mol. The molecule has 0 saturated heterocycles. The van der Waals surface area contributed by atoms with E-state index in [9.17, 15) is 4.79 Å². The third kappa shape index (κ3) is 2.14. The SMILES string of the molecule is Cn1ccnc1CNC(=O)C1(c2ccccc2)CC1. The Kier molecular flexibility index (Phi) is 2.85. The first-order valence-corrected chi connectivity index (χ1v) is 6.52. The van der Waals surface area contributed by atoms with Crippen LogP contribution in [0, 0.1) is 0 Å². The van der Waals surface area contributed by atoms with E-state index in [0.717, 1.165) is 24.2 Å². The van der Waals surface area contributed by atoms with Crippen LogP contribution in [0.1, 0.15) is 24.2 Å². The van der Waals surface area contributed by atoms with Gasteiger partial charge in [-0.05, 0) is 18.4 Å². The van der Waals surface area contributed by atoms with Gasteiger partial charge in [0.05, 0.1) is 12.0 Å². The summed E-state index contributed by atoms with van der Waals surface area (Å²) >= 11 is 0. The average molecular weight is 255 g/mol. The Bertz CT molecular complexity index is 584. The van der Waals surface area contributed by atoms with Gasteiger partial charge < -0.3 is 9.88 Å². The number of hydrogen-bond donors (Lipinski definition) is 1. The summed E-state index contributed by atoms with van der Waals surface area (Å²) in [5.74, 6) is 0.985. The predicted octanol–water partition coefficient (Wildman–Crippen LogP) is 1.77. The van der Waals surface area contributed by atoms with Crippen LogP contribution >= 0.6 is 0 Å². The van der Waals surface area contributed by atoms with Crippen LogP contribution in [0.5, 0.6) is 0 Å². The normalized spacial score (nSPS) is 16.1. The van der Waals surface area contributed by atoms with Crippen molar-refractivity contribution in [1.29, 1.82) is 0 Å². The van der Waals surface area contributed by atoms with Gasteiger partial charge in [-0.2, -0.15) is 0 Å². The molecule has 0 spiro atoms. The van der Waals surface area contributed by atoms with Gasteiger partial charge in [-0.15, -0.1) is 0 Å². The second-order valence-corrected chi connectivity index (χ2v) is 5.09. The van der Waals surface area contributed by atoms with Crippen LogP contribution in [0.15, 0.2) is 42.7 Å². The standard InChI is InChI=1S/C15H17N3O/c1-18-10-9-16-13(18)11-17-14(19)15(7-8-15)12-5-3-2-4-6-12/h2-6,9-10H,7-8,11H2,1H3,(H,17,19). The van der Waals surface area contributed by atoms with E-state index < -0.39 is 0 Å². The van der Waals surface area contributed by atoms with E-state index in [0.29, 0.717) is 6.54 Å². The number of nitrogens with zero attached hydrogens (tertiary/aromatic N) is 2. The number of carbonyl (C=O) groups excluding carboxylic acids is 1. The van der Waals surface area contributed by atoms with Crippen LogP contribution in [-0.2, 0) is 23.8 Å². The Morgan fingerprint density at radius 2 is 2.11 bits per heavy atom. The van der Waals surface area contributed by atoms with Gasteiger partial charge in [-0.25, -0.2) is 4.98 Å². The molecule has 0 atom stereocenters. The Hall–Kier alpha value is -2.10. The molecule has 1 fully saturated rings. The molecule has 19 heavy (non-hydrogen) atoms. The highest BCUT2D eigenvalue weighted by Crippen LogP contribution is 2.48. The molecule has 1 saturated carbocycles. The Morgan fingerprint density at radius 3 is 2.68 bits per heavy atom. The lowest BCUT2D eigenvalue weighted by Crippen LogP contribution is -2.34. The molecule has 4 nitrogen and oxygen atoms in total. The molecule has 0 unspecified atom stereocenters. The molecule has 1 aromatic carbocycles. The molecule has 1 aromatic heterocycles. The first-order valence-electron chi connectivity index (χ1n) is 6.52. The number of imidazole rings is 1. The summed E-state index contributed by atoms with van der Waals surface area (Å²) in [4.78, 5) is 16.6. The van der Waals surface area contributed by atoms with Crippen molar-refractivity contribution in [2.75, 3.05) is 0 Å². The van der Waals surface area contributed by atoms with Gasteiger partial charge >= 0.3 is 0 Å². The van der Waals surface area contributed by atoms with Crippen molar-refractivity contribution < 1.29 is 4.79 Å². The molecular weight excluding hydrogens is 238 g/mol. The van der Waals surface area contributed by atoms with Crippen molar-refractivity contribution in [2.45, 2.75) is 24.8 Å². The molecule has 0 bridgehead atoms. The number of aryl methyl sites for hydroxylation is 1. The maximum Gasteiger partial charge on any atom is 0.231 e. The number of benzene rings is 1. The Balaban J connectivity index is 1.70. The number of amides is 1. The van der Waals surface area contributed by atoms with E-state index in [-0.39, 0.29) is 11.3 Å². The number of hydrogen-bond acceptors (Lipinski definition) is 2. The van der Waals surface area contributed by atoms with E-state index in [1.54, 1.807) is 6.20 Å². The zero-order valence-corrected chi connectivity index (χ0v) is 11.0. The summed E-state index contributed by atoms with van der Waals surface area (Å²) in [5.41, 5.74) is 0.819. The number of nitrogens with one attached hydrogen (secondary N) is 1. The highest BCUT2D eigenvalue weighted by atomic mass is 16.2. The van der Waals surface area contributed by atoms with Crippen LogP contribution < -0.4 is 5.32 Å². The third-order valence-electron chi connectivity index (χ3n) is 3.84. The van der Waals surface area contributed by atoms with Crippen molar-refractivity contribution in [3.8, 4) is 0 Å². The summed E-state index contributed by atoms with van der Waals surface area (Å²) in [5, 5.41) is 3.00. The minimum atomic E-state index is -0.299. The van der Waals surface area contributed by atoms with Gasteiger partial charge in [0.25, 0.3) is 0 Å².